The second kappa shape index (κ2) is 8.02. The predicted octanol–water partition coefficient (Wildman–Crippen LogP) is 3.62. The molecule has 0 radical (unpaired) electrons. The van der Waals surface area contributed by atoms with Crippen LogP contribution in [0.1, 0.15) is 57.1 Å². The van der Waals surface area contributed by atoms with Crippen LogP contribution in [0.3, 0.4) is 0 Å². The van der Waals surface area contributed by atoms with Crippen LogP contribution < -0.4 is 4.74 Å². The molecular weight excluding hydrogens is 300 g/mol. The molecule has 2 aliphatic rings. The first-order valence-corrected chi connectivity index (χ1v) is 9.40. The summed E-state index contributed by atoms with van der Waals surface area (Å²) < 4.78 is 5.36. The van der Waals surface area contributed by atoms with Gasteiger partial charge in [-0.05, 0) is 62.8 Å². The van der Waals surface area contributed by atoms with Crippen molar-refractivity contribution in [3.05, 3.63) is 29.8 Å². The molecule has 1 aromatic carbocycles. The van der Waals surface area contributed by atoms with E-state index in [-0.39, 0.29) is 0 Å². The second-order valence-corrected chi connectivity index (χ2v) is 7.05. The van der Waals surface area contributed by atoms with E-state index in [9.17, 15) is 4.79 Å². The van der Waals surface area contributed by atoms with Crippen LogP contribution in [0.15, 0.2) is 24.3 Å². The monoisotopic (exact) mass is 330 g/mol. The Bertz CT molecular complexity index is 560. The lowest BCUT2D eigenvalue weighted by molar-refractivity contribution is -0.136. The summed E-state index contributed by atoms with van der Waals surface area (Å²) in [5, 5.41) is 0. The number of hydrogen-bond acceptors (Lipinski definition) is 3. The molecule has 2 fully saturated rings. The van der Waals surface area contributed by atoms with Crippen molar-refractivity contribution >= 4 is 5.91 Å². The molecule has 24 heavy (non-hydrogen) atoms. The molecule has 4 heteroatoms. The SMILES string of the molecule is CC[C@@H]1CCCCN1C(=O)CN1CCC[C@H]1c1cccc(OC)c1. The fraction of sp³-hybridized carbons (Fsp3) is 0.650. The van der Waals surface area contributed by atoms with E-state index in [2.05, 4.69) is 28.9 Å². The van der Waals surface area contributed by atoms with Crippen LogP contribution >= 0.6 is 0 Å². The Kier molecular flexibility index (Phi) is 5.77. The van der Waals surface area contributed by atoms with Crippen LogP contribution in [0.2, 0.25) is 0 Å². The van der Waals surface area contributed by atoms with E-state index in [4.69, 9.17) is 4.74 Å². The average Bonchev–Trinajstić information content (AvgIpc) is 3.09. The van der Waals surface area contributed by atoms with E-state index < -0.39 is 0 Å². The minimum Gasteiger partial charge on any atom is -0.497 e. The third-order valence-electron chi connectivity index (χ3n) is 5.60. The van der Waals surface area contributed by atoms with E-state index in [0.717, 1.165) is 44.5 Å². The molecule has 0 aliphatic carbocycles. The van der Waals surface area contributed by atoms with Gasteiger partial charge in [-0.2, -0.15) is 0 Å². The van der Waals surface area contributed by atoms with Crippen LogP contribution in [0.5, 0.6) is 5.75 Å². The molecule has 2 saturated heterocycles. The molecule has 1 amide bonds. The van der Waals surface area contributed by atoms with Gasteiger partial charge in [0.15, 0.2) is 0 Å². The normalized spacial score (nSPS) is 25.0. The first-order chi connectivity index (χ1) is 11.7. The molecule has 2 atom stereocenters. The van der Waals surface area contributed by atoms with Gasteiger partial charge in [-0.3, -0.25) is 9.69 Å². The Morgan fingerprint density at radius 1 is 1.21 bits per heavy atom. The van der Waals surface area contributed by atoms with Crippen LogP contribution in [-0.4, -0.2) is 48.5 Å². The van der Waals surface area contributed by atoms with E-state index >= 15 is 0 Å². The number of carbonyl (C=O) groups excluding carboxylic acids is 1. The molecule has 0 N–H and O–H groups in total. The van der Waals surface area contributed by atoms with Gasteiger partial charge in [0, 0.05) is 18.6 Å². The number of rotatable bonds is 5. The zero-order valence-electron chi connectivity index (χ0n) is 15.0. The minimum atomic E-state index is 0.316. The summed E-state index contributed by atoms with van der Waals surface area (Å²) in [4.78, 5) is 17.4. The van der Waals surface area contributed by atoms with Crippen molar-refractivity contribution < 1.29 is 9.53 Å². The molecule has 0 saturated carbocycles. The maximum atomic E-state index is 12.9. The van der Waals surface area contributed by atoms with E-state index in [1.165, 1.54) is 18.4 Å². The standard InChI is InChI=1S/C20H30N2O2/c1-3-17-9-4-5-13-22(17)20(23)15-21-12-7-11-19(21)16-8-6-10-18(14-16)24-2/h6,8,10,14,17,19H,3-5,7,9,11-13,15H2,1-2H3/t17-,19+/m1/s1. The van der Waals surface area contributed by atoms with Crippen molar-refractivity contribution in [1.82, 2.24) is 9.80 Å². The Balaban J connectivity index is 1.68. The summed E-state index contributed by atoms with van der Waals surface area (Å²) in [6.45, 7) is 4.71. The lowest BCUT2D eigenvalue weighted by Crippen LogP contribution is -2.47. The summed E-state index contributed by atoms with van der Waals surface area (Å²) in [6, 6.07) is 9.09. The van der Waals surface area contributed by atoms with E-state index in [1.807, 2.05) is 12.1 Å². The summed E-state index contributed by atoms with van der Waals surface area (Å²) >= 11 is 0. The second-order valence-electron chi connectivity index (χ2n) is 7.05. The molecule has 0 bridgehead atoms. The van der Waals surface area contributed by atoms with Crippen LogP contribution in [-0.2, 0) is 4.79 Å². The van der Waals surface area contributed by atoms with Gasteiger partial charge >= 0.3 is 0 Å². The maximum absolute atomic E-state index is 12.9. The first kappa shape index (κ1) is 17.3. The van der Waals surface area contributed by atoms with Gasteiger partial charge in [-0.15, -0.1) is 0 Å². The van der Waals surface area contributed by atoms with E-state index in [1.54, 1.807) is 7.11 Å². The number of piperidine rings is 1. The van der Waals surface area contributed by atoms with Crippen LogP contribution in [0.4, 0.5) is 0 Å². The van der Waals surface area contributed by atoms with Gasteiger partial charge in [-0.1, -0.05) is 19.1 Å². The average molecular weight is 330 g/mol. The van der Waals surface area contributed by atoms with Gasteiger partial charge < -0.3 is 9.64 Å². The molecule has 0 aromatic heterocycles. The number of likely N-dealkylation sites (tertiary alicyclic amines) is 2. The molecule has 132 valence electrons. The van der Waals surface area contributed by atoms with E-state index in [0.29, 0.717) is 24.5 Å². The smallest absolute Gasteiger partial charge is 0.237 e. The largest absolute Gasteiger partial charge is 0.497 e. The zero-order chi connectivity index (χ0) is 16.9. The quantitative estimate of drug-likeness (QED) is 0.826. The minimum absolute atomic E-state index is 0.316. The van der Waals surface area contributed by atoms with Crippen LogP contribution in [0.25, 0.3) is 0 Å². The number of ether oxygens (including phenoxy) is 1. The molecule has 1 aromatic rings. The molecular formula is C20H30N2O2. The summed E-state index contributed by atoms with van der Waals surface area (Å²) in [7, 11) is 1.70. The number of amides is 1. The molecule has 0 unspecified atom stereocenters. The van der Waals surface area contributed by atoms with Gasteiger partial charge in [-0.25, -0.2) is 0 Å². The van der Waals surface area contributed by atoms with Crippen molar-refractivity contribution in [2.24, 2.45) is 0 Å². The molecule has 4 nitrogen and oxygen atoms in total. The lowest BCUT2D eigenvalue weighted by Gasteiger charge is -2.37. The molecule has 2 aliphatic heterocycles. The van der Waals surface area contributed by atoms with Crippen LogP contribution in [0, 0.1) is 0 Å². The highest BCUT2D eigenvalue weighted by atomic mass is 16.5. The number of nitrogens with zero attached hydrogens (tertiary/aromatic N) is 2. The first-order valence-electron chi connectivity index (χ1n) is 9.40. The predicted molar refractivity (Wildman–Crippen MR) is 96.2 cm³/mol. The third kappa shape index (κ3) is 3.75. The highest BCUT2D eigenvalue weighted by Crippen LogP contribution is 2.33. The lowest BCUT2D eigenvalue weighted by atomic mass is 10.00. The zero-order valence-corrected chi connectivity index (χ0v) is 15.0. The van der Waals surface area contributed by atoms with Crippen molar-refractivity contribution in [1.29, 1.82) is 0 Å². The molecule has 3 rings (SSSR count). The number of methoxy groups -OCH3 is 1. The Labute approximate surface area is 145 Å². The summed E-state index contributed by atoms with van der Waals surface area (Å²) in [5.74, 6) is 1.21. The summed E-state index contributed by atoms with van der Waals surface area (Å²) in [6.07, 6.45) is 6.94. The van der Waals surface area contributed by atoms with Gasteiger partial charge in [0.1, 0.15) is 5.75 Å². The third-order valence-corrected chi connectivity index (χ3v) is 5.60. The summed E-state index contributed by atoms with van der Waals surface area (Å²) in [5.41, 5.74) is 1.27. The number of carbonyl (C=O) groups is 1. The number of benzene rings is 1. The van der Waals surface area contributed by atoms with Crippen molar-refractivity contribution in [3.63, 3.8) is 0 Å². The molecule has 0 spiro atoms. The Morgan fingerprint density at radius 2 is 2.08 bits per heavy atom. The Morgan fingerprint density at radius 3 is 2.88 bits per heavy atom. The topological polar surface area (TPSA) is 32.8 Å². The molecule has 2 heterocycles. The van der Waals surface area contributed by atoms with Gasteiger partial charge in [0.2, 0.25) is 5.91 Å². The highest BCUT2D eigenvalue weighted by molar-refractivity contribution is 5.78. The fourth-order valence-corrected chi connectivity index (χ4v) is 4.26. The maximum Gasteiger partial charge on any atom is 0.237 e. The van der Waals surface area contributed by atoms with Crippen molar-refractivity contribution in [2.75, 3.05) is 26.7 Å². The van der Waals surface area contributed by atoms with Gasteiger partial charge in [0.25, 0.3) is 0 Å². The van der Waals surface area contributed by atoms with Crippen molar-refractivity contribution in [2.45, 2.75) is 57.5 Å². The fourth-order valence-electron chi connectivity index (χ4n) is 4.26. The van der Waals surface area contributed by atoms with Crippen molar-refractivity contribution in [3.8, 4) is 5.75 Å². The number of hydrogen-bond donors (Lipinski definition) is 0. The Hall–Kier alpha value is -1.55. The highest BCUT2D eigenvalue weighted by Gasteiger charge is 2.31. The van der Waals surface area contributed by atoms with Gasteiger partial charge in [0.05, 0.1) is 13.7 Å².